The van der Waals surface area contributed by atoms with Gasteiger partial charge in [0, 0.05) is 19.1 Å². The number of hydrogen-bond donors (Lipinski definition) is 2. The zero-order valence-electron chi connectivity index (χ0n) is 7.16. The Kier molecular flexibility index (Phi) is 3.30. The third-order valence-corrected chi connectivity index (χ3v) is 2.39. The summed E-state index contributed by atoms with van der Waals surface area (Å²) >= 11 is 0. The molecule has 0 saturated carbocycles. The minimum atomic E-state index is -0.205. The van der Waals surface area contributed by atoms with Crippen molar-refractivity contribution in [2.24, 2.45) is 5.73 Å². The highest BCUT2D eigenvalue weighted by molar-refractivity contribution is 4.82. The molecule has 1 heterocycles. The predicted octanol–water partition coefficient (Wildman–Crippen LogP) is -0.210. The molecule has 0 amide bonds. The third kappa shape index (κ3) is 2.15. The first-order valence-electron chi connectivity index (χ1n) is 4.38. The van der Waals surface area contributed by atoms with Crippen LogP contribution in [0.2, 0.25) is 0 Å². The molecular formula is C8H18N2O. The molecule has 3 nitrogen and oxygen atoms in total. The summed E-state index contributed by atoms with van der Waals surface area (Å²) in [7, 11) is 0. The van der Waals surface area contributed by atoms with Gasteiger partial charge in [0.15, 0.2) is 0 Å². The van der Waals surface area contributed by atoms with E-state index in [4.69, 9.17) is 5.73 Å². The Hall–Kier alpha value is -0.120. The summed E-state index contributed by atoms with van der Waals surface area (Å²) < 4.78 is 0. The first-order valence-corrected chi connectivity index (χ1v) is 4.38. The Bertz CT molecular complexity index is 117. The zero-order valence-corrected chi connectivity index (χ0v) is 7.16. The second kappa shape index (κ2) is 4.04. The number of likely N-dealkylation sites (tertiary alicyclic amines) is 1. The molecule has 3 heteroatoms. The lowest BCUT2D eigenvalue weighted by Crippen LogP contribution is -2.40. The molecule has 0 aromatic carbocycles. The molecule has 1 aliphatic heterocycles. The second-order valence-electron chi connectivity index (χ2n) is 3.27. The fourth-order valence-electron chi connectivity index (χ4n) is 1.84. The Labute approximate surface area is 68.2 Å². The van der Waals surface area contributed by atoms with Crippen LogP contribution in [0.15, 0.2) is 0 Å². The highest BCUT2D eigenvalue weighted by Gasteiger charge is 2.26. The van der Waals surface area contributed by atoms with Gasteiger partial charge in [-0.3, -0.25) is 4.90 Å². The van der Waals surface area contributed by atoms with E-state index in [1.165, 1.54) is 6.42 Å². The van der Waals surface area contributed by atoms with Crippen LogP contribution < -0.4 is 5.73 Å². The third-order valence-electron chi connectivity index (χ3n) is 2.39. The molecule has 3 N–H and O–H groups in total. The molecule has 1 aliphatic rings. The maximum Gasteiger partial charge on any atom is 0.0667 e. The number of nitrogens with two attached hydrogens (primary N) is 1. The van der Waals surface area contributed by atoms with Gasteiger partial charge >= 0.3 is 0 Å². The number of aliphatic hydroxyl groups excluding tert-OH is 1. The van der Waals surface area contributed by atoms with E-state index in [0.29, 0.717) is 12.6 Å². The van der Waals surface area contributed by atoms with Gasteiger partial charge < -0.3 is 10.8 Å². The van der Waals surface area contributed by atoms with Gasteiger partial charge in [-0.25, -0.2) is 0 Å². The Balaban J connectivity index is 2.37. The normalized spacial score (nSPS) is 29.2. The van der Waals surface area contributed by atoms with E-state index in [1.54, 1.807) is 0 Å². The minimum absolute atomic E-state index is 0.205. The van der Waals surface area contributed by atoms with Crippen LogP contribution in [0.1, 0.15) is 19.8 Å². The average Bonchev–Trinajstić information content (AvgIpc) is 2.36. The molecule has 0 radical (unpaired) electrons. The van der Waals surface area contributed by atoms with E-state index < -0.39 is 0 Å². The van der Waals surface area contributed by atoms with Gasteiger partial charge in [0.25, 0.3) is 0 Å². The molecule has 1 saturated heterocycles. The molecule has 11 heavy (non-hydrogen) atoms. The first-order chi connectivity index (χ1) is 5.25. The van der Waals surface area contributed by atoms with Crippen molar-refractivity contribution >= 4 is 0 Å². The van der Waals surface area contributed by atoms with E-state index in [-0.39, 0.29) is 6.10 Å². The number of nitrogens with zero attached hydrogens (tertiary/aromatic N) is 1. The lowest BCUT2D eigenvalue weighted by molar-refractivity contribution is 0.0885. The van der Waals surface area contributed by atoms with Crippen molar-refractivity contribution in [3.8, 4) is 0 Å². The molecule has 2 atom stereocenters. The monoisotopic (exact) mass is 158 g/mol. The SMILES string of the molecule is C[C@H](O)[C@H]1CCCN1CCN. The summed E-state index contributed by atoms with van der Waals surface area (Å²) in [4.78, 5) is 2.28. The first kappa shape index (κ1) is 8.97. The number of hydrogen-bond acceptors (Lipinski definition) is 3. The minimum Gasteiger partial charge on any atom is -0.392 e. The van der Waals surface area contributed by atoms with Crippen LogP contribution in [-0.4, -0.2) is 41.8 Å². The van der Waals surface area contributed by atoms with E-state index >= 15 is 0 Å². The van der Waals surface area contributed by atoms with Crippen molar-refractivity contribution < 1.29 is 5.11 Å². The van der Waals surface area contributed by atoms with Crippen molar-refractivity contribution in [1.29, 1.82) is 0 Å². The van der Waals surface area contributed by atoms with Crippen molar-refractivity contribution in [2.75, 3.05) is 19.6 Å². The maximum absolute atomic E-state index is 9.37. The van der Waals surface area contributed by atoms with Gasteiger partial charge in [-0.05, 0) is 26.3 Å². The van der Waals surface area contributed by atoms with Crippen molar-refractivity contribution in [1.82, 2.24) is 4.90 Å². The Morgan fingerprint density at radius 1 is 1.73 bits per heavy atom. The molecule has 0 spiro atoms. The topological polar surface area (TPSA) is 49.5 Å². The molecule has 0 unspecified atom stereocenters. The van der Waals surface area contributed by atoms with Crippen LogP contribution in [-0.2, 0) is 0 Å². The summed E-state index contributed by atoms with van der Waals surface area (Å²) in [5, 5.41) is 9.37. The number of rotatable bonds is 3. The van der Waals surface area contributed by atoms with Crippen LogP contribution in [0.25, 0.3) is 0 Å². The molecule has 1 rings (SSSR count). The lowest BCUT2D eigenvalue weighted by atomic mass is 10.1. The summed E-state index contributed by atoms with van der Waals surface area (Å²) in [5.74, 6) is 0. The Morgan fingerprint density at radius 2 is 2.45 bits per heavy atom. The predicted molar refractivity (Wildman–Crippen MR) is 45.3 cm³/mol. The lowest BCUT2D eigenvalue weighted by Gasteiger charge is -2.25. The summed E-state index contributed by atoms with van der Waals surface area (Å²) in [6.45, 7) is 4.59. The summed E-state index contributed by atoms with van der Waals surface area (Å²) in [6.07, 6.45) is 2.12. The molecular weight excluding hydrogens is 140 g/mol. The number of aliphatic hydroxyl groups is 1. The average molecular weight is 158 g/mol. The molecule has 0 aliphatic carbocycles. The standard InChI is InChI=1S/C8H18N2O/c1-7(11)8-3-2-5-10(8)6-4-9/h7-8,11H,2-6,9H2,1H3/t7-,8+/m0/s1. The van der Waals surface area contributed by atoms with Crippen molar-refractivity contribution in [3.05, 3.63) is 0 Å². The van der Waals surface area contributed by atoms with Crippen molar-refractivity contribution in [2.45, 2.75) is 31.9 Å². The van der Waals surface area contributed by atoms with Crippen LogP contribution in [0, 0.1) is 0 Å². The highest BCUT2D eigenvalue weighted by atomic mass is 16.3. The van der Waals surface area contributed by atoms with E-state index in [0.717, 1.165) is 19.5 Å². The summed E-state index contributed by atoms with van der Waals surface area (Å²) in [6, 6.07) is 0.360. The summed E-state index contributed by atoms with van der Waals surface area (Å²) in [5.41, 5.74) is 5.45. The largest absolute Gasteiger partial charge is 0.392 e. The Morgan fingerprint density at radius 3 is 3.00 bits per heavy atom. The van der Waals surface area contributed by atoms with Crippen molar-refractivity contribution in [3.63, 3.8) is 0 Å². The van der Waals surface area contributed by atoms with Gasteiger partial charge in [0.2, 0.25) is 0 Å². The molecule has 0 bridgehead atoms. The second-order valence-corrected chi connectivity index (χ2v) is 3.27. The van der Waals surface area contributed by atoms with E-state index in [9.17, 15) is 5.11 Å². The van der Waals surface area contributed by atoms with Gasteiger partial charge in [-0.1, -0.05) is 0 Å². The smallest absolute Gasteiger partial charge is 0.0667 e. The van der Waals surface area contributed by atoms with Crippen LogP contribution in [0.5, 0.6) is 0 Å². The van der Waals surface area contributed by atoms with Gasteiger partial charge in [-0.15, -0.1) is 0 Å². The fourth-order valence-corrected chi connectivity index (χ4v) is 1.84. The van der Waals surface area contributed by atoms with Crippen LogP contribution in [0.4, 0.5) is 0 Å². The quantitative estimate of drug-likeness (QED) is 0.597. The molecule has 66 valence electrons. The zero-order chi connectivity index (χ0) is 8.27. The molecule has 1 fully saturated rings. The van der Waals surface area contributed by atoms with Crippen LogP contribution >= 0.6 is 0 Å². The maximum atomic E-state index is 9.37. The molecule has 0 aromatic heterocycles. The molecule has 0 aromatic rings. The fraction of sp³-hybridized carbons (Fsp3) is 1.00. The van der Waals surface area contributed by atoms with E-state index in [2.05, 4.69) is 4.90 Å². The van der Waals surface area contributed by atoms with Gasteiger partial charge in [0.1, 0.15) is 0 Å². The van der Waals surface area contributed by atoms with Crippen LogP contribution in [0.3, 0.4) is 0 Å². The van der Waals surface area contributed by atoms with Gasteiger partial charge in [0.05, 0.1) is 6.10 Å². The van der Waals surface area contributed by atoms with Gasteiger partial charge in [-0.2, -0.15) is 0 Å². The van der Waals surface area contributed by atoms with E-state index in [1.807, 2.05) is 6.92 Å². The highest BCUT2D eigenvalue weighted by Crippen LogP contribution is 2.18.